The molecule has 0 fully saturated rings. The fourth-order valence-corrected chi connectivity index (χ4v) is 1.20. The van der Waals surface area contributed by atoms with Crippen molar-refractivity contribution in [1.29, 1.82) is 0 Å². The van der Waals surface area contributed by atoms with E-state index in [0.717, 1.165) is 0 Å². The summed E-state index contributed by atoms with van der Waals surface area (Å²) >= 11 is 0. The Morgan fingerprint density at radius 3 is 2.75 bits per heavy atom. The molecular weight excluding hydrogens is 210 g/mol. The highest BCUT2D eigenvalue weighted by Gasteiger charge is 2.21. The second kappa shape index (κ2) is 6.14. The van der Waals surface area contributed by atoms with Gasteiger partial charge in [0.1, 0.15) is 0 Å². The lowest BCUT2D eigenvalue weighted by Crippen LogP contribution is -2.32. The average molecular weight is 225 g/mol. The number of hydrogen-bond donors (Lipinski definition) is 1. The molecule has 0 aromatic carbocycles. The number of ether oxygens (including phenoxy) is 2. The lowest BCUT2D eigenvalue weighted by atomic mass is 10.1. The van der Waals surface area contributed by atoms with Crippen LogP contribution in [0.3, 0.4) is 0 Å². The van der Waals surface area contributed by atoms with E-state index >= 15 is 0 Å². The van der Waals surface area contributed by atoms with Crippen molar-refractivity contribution in [3.05, 3.63) is 18.1 Å². The number of nitrogens with two attached hydrogens (primary N) is 1. The number of nitrogens with zero attached hydrogens (tertiary/aromatic N) is 2. The SMILES string of the molecule is COCCC(N)C(=O)c1nccnc1OC. The van der Waals surface area contributed by atoms with Crippen molar-refractivity contribution in [1.82, 2.24) is 9.97 Å². The van der Waals surface area contributed by atoms with E-state index in [0.29, 0.717) is 13.0 Å². The van der Waals surface area contributed by atoms with Crippen LogP contribution in [0.4, 0.5) is 0 Å². The minimum Gasteiger partial charge on any atom is -0.479 e. The highest BCUT2D eigenvalue weighted by Crippen LogP contribution is 2.13. The van der Waals surface area contributed by atoms with E-state index < -0.39 is 6.04 Å². The first-order chi connectivity index (χ1) is 7.70. The third kappa shape index (κ3) is 2.98. The third-order valence-corrected chi connectivity index (χ3v) is 2.06. The minimum atomic E-state index is -0.648. The molecule has 0 spiro atoms. The van der Waals surface area contributed by atoms with Gasteiger partial charge in [-0.25, -0.2) is 9.97 Å². The second-order valence-corrected chi connectivity index (χ2v) is 3.17. The Hall–Kier alpha value is -1.53. The number of aromatic nitrogens is 2. The molecule has 88 valence electrons. The van der Waals surface area contributed by atoms with Gasteiger partial charge < -0.3 is 15.2 Å². The molecule has 0 aliphatic rings. The van der Waals surface area contributed by atoms with Crippen molar-refractivity contribution >= 4 is 5.78 Å². The summed E-state index contributed by atoms with van der Waals surface area (Å²) in [7, 11) is 2.99. The van der Waals surface area contributed by atoms with Gasteiger partial charge in [0.2, 0.25) is 11.7 Å². The first-order valence-electron chi connectivity index (χ1n) is 4.84. The highest BCUT2D eigenvalue weighted by molar-refractivity contribution is 6.00. The minimum absolute atomic E-state index is 0.161. The van der Waals surface area contributed by atoms with E-state index in [1.807, 2.05) is 0 Å². The normalized spacial score (nSPS) is 12.2. The topological polar surface area (TPSA) is 87.3 Å². The quantitative estimate of drug-likeness (QED) is 0.687. The number of methoxy groups -OCH3 is 2. The number of rotatable bonds is 6. The summed E-state index contributed by atoms with van der Waals surface area (Å²) in [5.41, 5.74) is 5.87. The van der Waals surface area contributed by atoms with E-state index in [-0.39, 0.29) is 17.4 Å². The Bertz CT molecular complexity index is 357. The van der Waals surface area contributed by atoms with Gasteiger partial charge in [-0.15, -0.1) is 0 Å². The van der Waals surface area contributed by atoms with Crippen LogP contribution in [0, 0.1) is 0 Å². The molecular formula is C10H15N3O3. The zero-order valence-corrected chi connectivity index (χ0v) is 9.34. The monoisotopic (exact) mass is 225 g/mol. The summed E-state index contributed by atoms with van der Waals surface area (Å²) in [6, 6.07) is -0.648. The van der Waals surface area contributed by atoms with Crippen molar-refractivity contribution in [2.75, 3.05) is 20.8 Å². The molecule has 0 saturated carbocycles. The maximum Gasteiger partial charge on any atom is 0.243 e. The van der Waals surface area contributed by atoms with Crippen LogP contribution in [0.1, 0.15) is 16.9 Å². The van der Waals surface area contributed by atoms with Gasteiger partial charge >= 0.3 is 0 Å². The predicted octanol–water partition coefficient (Wildman–Crippen LogP) is 0.0317. The number of Topliss-reactive ketones (excluding diaryl/α,β-unsaturated/α-hetero) is 1. The van der Waals surface area contributed by atoms with E-state index in [1.54, 1.807) is 7.11 Å². The van der Waals surface area contributed by atoms with E-state index in [2.05, 4.69) is 9.97 Å². The maximum absolute atomic E-state index is 11.9. The Labute approximate surface area is 93.8 Å². The Morgan fingerprint density at radius 2 is 2.12 bits per heavy atom. The van der Waals surface area contributed by atoms with Crippen LogP contribution in [0.25, 0.3) is 0 Å². The molecule has 6 nitrogen and oxygen atoms in total. The van der Waals surface area contributed by atoms with Crippen LogP contribution in [-0.2, 0) is 4.74 Å². The molecule has 0 amide bonds. The van der Waals surface area contributed by atoms with E-state index in [9.17, 15) is 4.79 Å². The van der Waals surface area contributed by atoms with Crippen molar-refractivity contribution in [2.24, 2.45) is 5.73 Å². The zero-order chi connectivity index (χ0) is 12.0. The van der Waals surface area contributed by atoms with E-state index in [1.165, 1.54) is 19.5 Å². The molecule has 16 heavy (non-hydrogen) atoms. The molecule has 1 unspecified atom stereocenters. The molecule has 0 bridgehead atoms. The summed E-state index contributed by atoms with van der Waals surface area (Å²) in [6.07, 6.45) is 3.32. The van der Waals surface area contributed by atoms with Crippen molar-refractivity contribution in [2.45, 2.75) is 12.5 Å². The molecule has 0 saturated heterocycles. The summed E-state index contributed by atoms with van der Waals surface area (Å²) in [4.78, 5) is 19.7. The standard InChI is InChI=1S/C10H15N3O3/c1-15-6-3-7(11)9(14)8-10(16-2)13-5-4-12-8/h4-5,7H,3,6,11H2,1-2H3. The molecule has 2 N–H and O–H groups in total. The summed E-state index contributed by atoms with van der Waals surface area (Å²) < 4.78 is 9.80. The van der Waals surface area contributed by atoms with Crippen LogP contribution in [0.2, 0.25) is 0 Å². The first kappa shape index (κ1) is 12.5. The average Bonchev–Trinajstić information content (AvgIpc) is 2.34. The molecule has 1 aromatic heterocycles. The van der Waals surface area contributed by atoms with Gasteiger partial charge in [0.05, 0.1) is 13.2 Å². The number of ketones is 1. The second-order valence-electron chi connectivity index (χ2n) is 3.17. The van der Waals surface area contributed by atoms with Gasteiger partial charge in [0.15, 0.2) is 5.69 Å². The summed E-state index contributed by atoms with van der Waals surface area (Å²) in [5.74, 6) is -0.0950. The van der Waals surface area contributed by atoms with Crippen LogP contribution >= 0.6 is 0 Å². The third-order valence-electron chi connectivity index (χ3n) is 2.06. The highest BCUT2D eigenvalue weighted by atomic mass is 16.5. The largest absolute Gasteiger partial charge is 0.479 e. The Kier molecular flexibility index (Phi) is 4.81. The fourth-order valence-electron chi connectivity index (χ4n) is 1.20. The molecule has 1 aromatic rings. The molecule has 0 aliphatic heterocycles. The first-order valence-corrected chi connectivity index (χ1v) is 4.84. The number of hydrogen-bond acceptors (Lipinski definition) is 6. The Balaban J connectivity index is 2.79. The van der Waals surface area contributed by atoms with Crippen LogP contribution in [0.15, 0.2) is 12.4 Å². The van der Waals surface area contributed by atoms with Gasteiger partial charge in [-0.3, -0.25) is 4.79 Å². The van der Waals surface area contributed by atoms with Crippen molar-refractivity contribution < 1.29 is 14.3 Å². The predicted molar refractivity (Wildman–Crippen MR) is 57.4 cm³/mol. The summed E-state index contributed by atoms with van der Waals surface area (Å²) in [5, 5.41) is 0. The number of carbonyl (C=O) groups is 1. The van der Waals surface area contributed by atoms with Gasteiger partial charge in [-0.05, 0) is 6.42 Å². The summed E-state index contributed by atoms with van der Waals surface area (Å²) in [6.45, 7) is 0.426. The molecule has 1 heterocycles. The van der Waals surface area contributed by atoms with Crippen molar-refractivity contribution in [3.8, 4) is 5.88 Å². The molecule has 1 atom stereocenters. The van der Waals surface area contributed by atoms with Gasteiger partial charge in [0, 0.05) is 26.1 Å². The van der Waals surface area contributed by atoms with Crippen LogP contribution < -0.4 is 10.5 Å². The van der Waals surface area contributed by atoms with Gasteiger partial charge in [-0.2, -0.15) is 0 Å². The molecule has 0 radical (unpaired) electrons. The number of carbonyl (C=O) groups excluding carboxylic acids is 1. The zero-order valence-electron chi connectivity index (χ0n) is 9.34. The van der Waals surface area contributed by atoms with Gasteiger partial charge in [0.25, 0.3) is 0 Å². The molecule has 6 heteroatoms. The van der Waals surface area contributed by atoms with Gasteiger partial charge in [-0.1, -0.05) is 0 Å². The van der Waals surface area contributed by atoms with Crippen molar-refractivity contribution in [3.63, 3.8) is 0 Å². The molecule has 0 aliphatic carbocycles. The van der Waals surface area contributed by atoms with E-state index in [4.69, 9.17) is 15.2 Å². The van der Waals surface area contributed by atoms with Crippen LogP contribution in [0.5, 0.6) is 5.88 Å². The smallest absolute Gasteiger partial charge is 0.243 e. The maximum atomic E-state index is 11.9. The Morgan fingerprint density at radius 1 is 1.44 bits per heavy atom. The lowest BCUT2D eigenvalue weighted by Gasteiger charge is -2.10. The molecule has 1 rings (SSSR count). The van der Waals surface area contributed by atoms with Crippen LogP contribution in [-0.4, -0.2) is 42.6 Å². The fraction of sp³-hybridized carbons (Fsp3) is 0.500. The lowest BCUT2D eigenvalue weighted by molar-refractivity contribution is 0.0926.